The van der Waals surface area contributed by atoms with Gasteiger partial charge in [0.2, 0.25) is 5.91 Å². The van der Waals surface area contributed by atoms with E-state index in [1.807, 2.05) is 0 Å². The van der Waals surface area contributed by atoms with E-state index in [-0.39, 0.29) is 17.7 Å². The summed E-state index contributed by atoms with van der Waals surface area (Å²) in [6.07, 6.45) is 4.28. The maximum Gasteiger partial charge on any atom is 0.387 e. The molecule has 21 heavy (non-hydrogen) atoms. The molecule has 4 nitrogen and oxygen atoms in total. The van der Waals surface area contributed by atoms with E-state index in [0.29, 0.717) is 5.69 Å². The number of alkyl halides is 2. The molecular formula is C15H20F2N2O2. The lowest BCUT2D eigenvalue weighted by molar-refractivity contribution is -0.122. The Kier molecular flexibility index (Phi) is 5.36. The van der Waals surface area contributed by atoms with Crippen LogP contribution < -0.4 is 15.4 Å². The predicted octanol–water partition coefficient (Wildman–Crippen LogP) is 3.15. The van der Waals surface area contributed by atoms with Crippen LogP contribution in [0.4, 0.5) is 14.5 Å². The van der Waals surface area contributed by atoms with Gasteiger partial charge in [0.1, 0.15) is 11.8 Å². The number of anilines is 1. The minimum absolute atomic E-state index is 0.0352. The molecule has 0 aromatic heterocycles. The molecule has 116 valence electrons. The van der Waals surface area contributed by atoms with Crippen LogP contribution in [0.15, 0.2) is 24.3 Å². The molecule has 1 amide bonds. The summed E-state index contributed by atoms with van der Waals surface area (Å²) in [5.41, 5.74) is 0.381. The van der Waals surface area contributed by atoms with Crippen LogP contribution in [0, 0.1) is 0 Å². The molecule has 1 aliphatic carbocycles. The number of nitrogens with one attached hydrogen (secondary N) is 2. The number of amides is 1. The highest BCUT2D eigenvalue weighted by Gasteiger charge is 2.21. The molecule has 0 aliphatic heterocycles. The van der Waals surface area contributed by atoms with Gasteiger partial charge in [-0.1, -0.05) is 25.0 Å². The fourth-order valence-electron chi connectivity index (χ4n) is 2.48. The van der Waals surface area contributed by atoms with Gasteiger partial charge in [-0.15, -0.1) is 0 Å². The van der Waals surface area contributed by atoms with Crippen molar-refractivity contribution in [2.24, 2.45) is 0 Å². The smallest absolute Gasteiger partial charge is 0.387 e. The zero-order chi connectivity index (χ0) is 15.2. The number of carbonyl (C=O) groups excluding carboxylic acids is 1. The van der Waals surface area contributed by atoms with Gasteiger partial charge in [-0.2, -0.15) is 8.78 Å². The standard InChI is InChI=1S/C15H20F2N2O2/c1-10(14(20)19-11-6-2-3-7-11)18-12-8-4-5-9-13(12)21-15(16)17/h4-5,8-11,15,18H,2-3,6-7H2,1H3,(H,19,20). The number of hydrogen-bond acceptors (Lipinski definition) is 3. The molecular weight excluding hydrogens is 278 g/mol. The molecule has 1 aromatic rings. The highest BCUT2D eigenvalue weighted by atomic mass is 19.3. The number of benzene rings is 1. The fourth-order valence-corrected chi connectivity index (χ4v) is 2.48. The molecule has 0 radical (unpaired) electrons. The summed E-state index contributed by atoms with van der Waals surface area (Å²) in [5, 5.41) is 5.89. The Labute approximate surface area is 122 Å². The van der Waals surface area contributed by atoms with Gasteiger partial charge in [-0.3, -0.25) is 4.79 Å². The molecule has 1 saturated carbocycles. The van der Waals surface area contributed by atoms with Crippen molar-refractivity contribution in [3.05, 3.63) is 24.3 Å². The number of halogens is 2. The van der Waals surface area contributed by atoms with Crippen LogP contribution in [0.2, 0.25) is 0 Å². The average molecular weight is 298 g/mol. The fraction of sp³-hybridized carbons (Fsp3) is 0.533. The Hall–Kier alpha value is -1.85. The molecule has 1 atom stereocenters. The quantitative estimate of drug-likeness (QED) is 0.848. The van der Waals surface area contributed by atoms with Crippen LogP contribution in [0.25, 0.3) is 0 Å². The molecule has 2 N–H and O–H groups in total. The molecule has 1 aromatic carbocycles. The first-order valence-electron chi connectivity index (χ1n) is 7.17. The molecule has 0 spiro atoms. The molecule has 0 bridgehead atoms. The number of ether oxygens (including phenoxy) is 1. The molecule has 1 aliphatic rings. The summed E-state index contributed by atoms with van der Waals surface area (Å²) in [7, 11) is 0. The van der Waals surface area contributed by atoms with Gasteiger partial charge in [0.05, 0.1) is 5.69 Å². The van der Waals surface area contributed by atoms with Crippen molar-refractivity contribution < 1.29 is 18.3 Å². The van der Waals surface area contributed by atoms with Crippen LogP contribution in [0.5, 0.6) is 5.75 Å². The summed E-state index contributed by atoms with van der Waals surface area (Å²) >= 11 is 0. The van der Waals surface area contributed by atoms with E-state index < -0.39 is 12.7 Å². The van der Waals surface area contributed by atoms with E-state index >= 15 is 0 Å². The number of rotatable bonds is 6. The van der Waals surface area contributed by atoms with Gasteiger partial charge < -0.3 is 15.4 Å². The van der Waals surface area contributed by atoms with E-state index in [0.717, 1.165) is 25.7 Å². The summed E-state index contributed by atoms with van der Waals surface area (Å²) in [6.45, 7) is -1.20. The second-order valence-electron chi connectivity index (χ2n) is 5.23. The second kappa shape index (κ2) is 7.24. The van der Waals surface area contributed by atoms with Gasteiger partial charge in [-0.05, 0) is 31.9 Å². The van der Waals surface area contributed by atoms with Gasteiger partial charge in [0, 0.05) is 6.04 Å². The number of carbonyl (C=O) groups is 1. The summed E-state index contributed by atoms with van der Waals surface area (Å²) in [5.74, 6) is -0.0956. The maximum absolute atomic E-state index is 12.3. The van der Waals surface area contributed by atoms with Gasteiger partial charge >= 0.3 is 6.61 Å². The molecule has 1 fully saturated rings. The van der Waals surface area contributed by atoms with Crippen LogP contribution in [-0.2, 0) is 4.79 Å². The molecule has 6 heteroatoms. The van der Waals surface area contributed by atoms with Crippen molar-refractivity contribution in [3.63, 3.8) is 0 Å². The van der Waals surface area contributed by atoms with Gasteiger partial charge in [0.25, 0.3) is 0 Å². The van der Waals surface area contributed by atoms with Crippen LogP contribution in [-0.4, -0.2) is 24.6 Å². The minimum Gasteiger partial charge on any atom is -0.433 e. The second-order valence-corrected chi connectivity index (χ2v) is 5.23. The Bertz CT molecular complexity index is 476. The first kappa shape index (κ1) is 15.5. The lowest BCUT2D eigenvalue weighted by Crippen LogP contribution is -2.42. The maximum atomic E-state index is 12.3. The van der Waals surface area contributed by atoms with Crippen molar-refractivity contribution in [2.45, 2.75) is 51.3 Å². The van der Waals surface area contributed by atoms with Crippen molar-refractivity contribution in [2.75, 3.05) is 5.32 Å². The van der Waals surface area contributed by atoms with E-state index in [4.69, 9.17) is 0 Å². The van der Waals surface area contributed by atoms with Crippen LogP contribution in [0.1, 0.15) is 32.6 Å². The Morgan fingerprint density at radius 2 is 1.95 bits per heavy atom. The SMILES string of the molecule is CC(Nc1ccccc1OC(F)F)C(=O)NC1CCCC1. The van der Waals surface area contributed by atoms with Crippen LogP contribution in [0.3, 0.4) is 0 Å². The first-order valence-corrected chi connectivity index (χ1v) is 7.17. The lowest BCUT2D eigenvalue weighted by atomic mass is 10.2. The summed E-state index contributed by atoms with van der Waals surface area (Å²) in [4.78, 5) is 12.1. The zero-order valence-electron chi connectivity index (χ0n) is 11.9. The van der Waals surface area contributed by atoms with Crippen molar-refractivity contribution in [3.8, 4) is 5.75 Å². The molecule has 1 unspecified atom stereocenters. The Balaban J connectivity index is 1.95. The van der Waals surface area contributed by atoms with E-state index in [9.17, 15) is 13.6 Å². The molecule has 2 rings (SSSR count). The highest BCUT2D eigenvalue weighted by Crippen LogP contribution is 2.26. The first-order chi connectivity index (χ1) is 10.1. The summed E-state index contributed by atoms with van der Waals surface area (Å²) in [6, 6.07) is 6.06. The third-order valence-corrected chi connectivity index (χ3v) is 3.57. The minimum atomic E-state index is -2.89. The largest absolute Gasteiger partial charge is 0.433 e. The normalized spacial score (nSPS) is 16.8. The van der Waals surface area contributed by atoms with Crippen LogP contribution >= 0.6 is 0 Å². The predicted molar refractivity (Wildman–Crippen MR) is 76.6 cm³/mol. The molecule has 0 heterocycles. The van der Waals surface area contributed by atoms with Crippen molar-refractivity contribution in [1.82, 2.24) is 5.32 Å². The number of para-hydroxylation sites is 2. The van der Waals surface area contributed by atoms with Gasteiger partial charge in [0.15, 0.2) is 0 Å². The van der Waals surface area contributed by atoms with E-state index in [2.05, 4.69) is 15.4 Å². The van der Waals surface area contributed by atoms with Crippen molar-refractivity contribution >= 4 is 11.6 Å². The third kappa shape index (κ3) is 4.58. The highest BCUT2D eigenvalue weighted by molar-refractivity contribution is 5.85. The zero-order valence-corrected chi connectivity index (χ0v) is 11.9. The molecule has 0 saturated heterocycles. The number of hydrogen-bond donors (Lipinski definition) is 2. The summed E-state index contributed by atoms with van der Waals surface area (Å²) < 4.78 is 29.1. The topological polar surface area (TPSA) is 50.4 Å². The average Bonchev–Trinajstić information content (AvgIpc) is 2.93. The Morgan fingerprint density at radius 3 is 2.62 bits per heavy atom. The van der Waals surface area contributed by atoms with E-state index in [1.54, 1.807) is 25.1 Å². The lowest BCUT2D eigenvalue weighted by Gasteiger charge is -2.20. The monoisotopic (exact) mass is 298 g/mol. The van der Waals surface area contributed by atoms with Gasteiger partial charge in [-0.25, -0.2) is 0 Å². The van der Waals surface area contributed by atoms with E-state index in [1.165, 1.54) is 6.07 Å². The van der Waals surface area contributed by atoms with Crippen molar-refractivity contribution in [1.29, 1.82) is 0 Å². The Morgan fingerprint density at radius 1 is 1.29 bits per heavy atom. The third-order valence-electron chi connectivity index (χ3n) is 3.57.